The number of nitrogens with one attached hydrogen (secondary N) is 1. The Morgan fingerprint density at radius 3 is 2.82 bits per heavy atom. The molecule has 3 aromatic heterocycles. The van der Waals surface area contributed by atoms with Gasteiger partial charge in [0, 0.05) is 29.9 Å². The summed E-state index contributed by atoms with van der Waals surface area (Å²) < 4.78 is 10.7. The van der Waals surface area contributed by atoms with Crippen LogP contribution >= 0.6 is 0 Å². The molecule has 0 spiro atoms. The zero-order chi connectivity index (χ0) is 26.2. The number of piperidine rings is 1. The van der Waals surface area contributed by atoms with E-state index in [0.29, 0.717) is 18.0 Å². The second-order valence-corrected chi connectivity index (χ2v) is 9.75. The molecule has 192 valence electrons. The number of nitrogens with zero attached hydrogens (tertiary/aromatic N) is 5. The summed E-state index contributed by atoms with van der Waals surface area (Å²) in [5, 5.41) is 17.2. The normalized spacial score (nSPS) is 18.7. The van der Waals surface area contributed by atoms with Crippen LogP contribution in [0.25, 0.3) is 33.5 Å². The van der Waals surface area contributed by atoms with E-state index in [1.54, 1.807) is 18.2 Å². The van der Waals surface area contributed by atoms with Crippen molar-refractivity contribution in [3.63, 3.8) is 0 Å². The van der Waals surface area contributed by atoms with Gasteiger partial charge in [-0.3, -0.25) is 15.0 Å². The van der Waals surface area contributed by atoms with Crippen molar-refractivity contribution in [1.29, 1.82) is 5.26 Å². The average molecular weight is 509 g/mol. The number of carbonyl (C=O) groups is 1. The number of amides is 1. The van der Waals surface area contributed by atoms with Crippen LogP contribution in [0.2, 0.25) is 0 Å². The smallest absolute Gasteiger partial charge is 0.410 e. The van der Waals surface area contributed by atoms with Gasteiger partial charge in [-0.25, -0.2) is 9.78 Å². The van der Waals surface area contributed by atoms with E-state index in [9.17, 15) is 10.1 Å². The number of nitriles is 1. The van der Waals surface area contributed by atoms with Crippen molar-refractivity contribution in [2.24, 2.45) is 0 Å². The van der Waals surface area contributed by atoms with Gasteiger partial charge >= 0.3 is 6.09 Å². The molecule has 1 saturated heterocycles. The number of aromatic amines is 1. The molecule has 1 N–H and O–H groups in total. The van der Waals surface area contributed by atoms with Crippen LogP contribution in [0.5, 0.6) is 5.75 Å². The van der Waals surface area contributed by atoms with Gasteiger partial charge in [-0.05, 0) is 55.4 Å². The third-order valence-electron chi connectivity index (χ3n) is 7.71. The fourth-order valence-electron chi connectivity index (χ4n) is 5.81. The van der Waals surface area contributed by atoms with Crippen LogP contribution in [0.4, 0.5) is 4.79 Å². The largest absolute Gasteiger partial charge is 0.494 e. The molecular weight excluding hydrogens is 480 g/mol. The number of likely N-dealkylation sites (tertiary alicyclic amines) is 1. The van der Waals surface area contributed by atoms with Crippen molar-refractivity contribution in [3.05, 3.63) is 59.4 Å². The van der Waals surface area contributed by atoms with Gasteiger partial charge in [-0.15, -0.1) is 0 Å². The molecule has 9 heteroatoms. The van der Waals surface area contributed by atoms with E-state index in [1.807, 2.05) is 36.4 Å². The summed E-state index contributed by atoms with van der Waals surface area (Å²) in [7, 11) is 3.05. The standard InChI is InChI=1S/C29H28N6O3/c1-37-25-14-23-28(32-27(25)21-7-5-6-19-17(15-30)9-11-20(19)21)26(34-33-23)18-10-12-22(31-16-18)24-8-3-4-13-35(24)29(36)38-2/h5-7,10,12,14,16-17,24H,3-4,8-9,11,13H2,1-2H3,(H,33,34). The second-order valence-electron chi connectivity index (χ2n) is 9.75. The summed E-state index contributed by atoms with van der Waals surface area (Å²) >= 11 is 0. The van der Waals surface area contributed by atoms with E-state index in [0.717, 1.165) is 76.8 Å². The summed E-state index contributed by atoms with van der Waals surface area (Å²) in [5.41, 5.74) is 7.78. The predicted molar refractivity (Wildman–Crippen MR) is 141 cm³/mol. The highest BCUT2D eigenvalue weighted by Crippen LogP contribution is 2.42. The zero-order valence-electron chi connectivity index (χ0n) is 21.4. The second kappa shape index (κ2) is 9.78. The van der Waals surface area contributed by atoms with Crippen molar-refractivity contribution in [3.8, 4) is 34.3 Å². The molecule has 4 aromatic rings. The number of H-pyrrole nitrogens is 1. The Balaban J connectivity index is 1.39. The molecule has 1 aromatic carbocycles. The number of pyridine rings is 2. The van der Waals surface area contributed by atoms with E-state index in [4.69, 9.17) is 19.4 Å². The first-order chi connectivity index (χ1) is 18.6. The lowest BCUT2D eigenvalue weighted by Gasteiger charge is -2.34. The Labute approximate surface area is 220 Å². The van der Waals surface area contributed by atoms with Crippen LogP contribution < -0.4 is 4.74 Å². The molecule has 0 saturated carbocycles. The molecule has 1 aliphatic carbocycles. The number of fused-ring (bicyclic) bond motifs is 2. The number of aromatic nitrogens is 4. The van der Waals surface area contributed by atoms with Crippen LogP contribution in [0.3, 0.4) is 0 Å². The summed E-state index contributed by atoms with van der Waals surface area (Å²) in [6.45, 7) is 0.664. The molecule has 0 radical (unpaired) electrons. The summed E-state index contributed by atoms with van der Waals surface area (Å²) in [5.74, 6) is 0.559. The number of hydrogen-bond donors (Lipinski definition) is 1. The first kappa shape index (κ1) is 23.9. The first-order valence-electron chi connectivity index (χ1n) is 12.9. The number of hydrogen-bond acceptors (Lipinski definition) is 7. The molecule has 4 heterocycles. The minimum Gasteiger partial charge on any atom is -0.494 e. The van der Waals surface area contributed by atoms with Crippen molar-refractivity contribution in [2.45, 2.75) is 44.1 Å². The third kappa shape index (κ3) is 3.93. The summed E-state index contributed by atoms with van der Waals surface area (Å²) in [6, 6.07) is 14.2. The van der Waals surface area contributed by atoms with Gasteiger partial charge in [0.1, 0.15) is 22.7 Å². The van der Waals surface area contributed by atoms with E-state index < -0.39 is 0 Å². The van der Waals surface area contributed by atoms with Crippen molar-refractivity contribution in [2.75, 3.05) is 20.8 Å². The predicted octanol–water partition coefficient (Wildman–Crippen LogP) is 5.54. The Bertz CT molecular complexity index is 1560. The number of methoxy groups -OCH3 is 2. The van der Waals surface area contributed by atoms with Crippen molar-refractivity contribution >= 4 is 17.1 Å². The van der Waals surface area contributed by atoms with Crippen LogP contribution in [0.15, 0.2) is 42.6 Å². The van der Waals surface area contributed by atoms with E-state index in [-0.39, 0.29) is 18.1 Å². The number of ether oxygens (including phenoxy) is 2. The van der Waals surface area contributed by atoms with Gasteiger partial charge < -0.3 is 9.47 Å². The molecule has 9 nitrogen and oxygen atoms in total. The molecule has 2 atom stereocenters. The third-order valence-corrected chi connectivity index (χ3v) is 7.71. The minimum absolute atomic E-state index is 0.0898. The van der Waals surface area contributed by atoms with Gasteiger partial charge in [-0.2, -0.15) is 10.4 Å². The number of carbonyl (C=O) groups excluding carboxylic acids is 1. The maximum absolute atomic E-state index is 12.3. The Morgan fingerprint density at radius 2 is 2.05 bits per heavy atom. The maximum Gasteiger partial charge on any atom is 0.410 e. The topological polar surface area (TPSA) is 117 Å². The first-order valence-corrected chi connectivity index (χ1v) is 12.9. The fourth-order valence-corrected chi connectivity index (χ4v) is 5.81. The molecule has 6 rings (SSSR count). The summed E-state index contributed by atoms with van der Waals surface area (Å²) in [6.07, 6.45) is 5.97. The number of rotatable bonds is 4. The van der Waals surface area contributed by atoms with E-state index in [1.165, 1.54) is 7.11 Å². The lowest BCUT2D eigenvalue weighted by Crippen LogP contribution is -2.38. The Morgan fingerprint density at radius 1 is 1.16 bits per heavy atom. The highest BCUT2D eigenvalue weighted by molar-refractivity contribution is 5.93. The molecule has 0 bridgehead atoms. The summed E-state index contributed by atoms with van der Waals surface area (Å²) in [4.78, 5) is 23.8. The van der Waals surface area contributed by atoms with E-state index >= 15 is 0 Å². The molecule has 1 aliphatic heterocycles. The van der Waals surface area contributed by atoms with Crippen LogP contribution in [0, 0.1) is 11.3 Å². The lowest BCUT2D eigenvalue weighted by molar-refractivity contribution is 0.0883. The van der Waals surface area contributed by atoms with Crippen molar-refractivity contribution < 1.29 is 14.3 Å². The fraction of sp³-hybridized carbons (Fsp3) is 0.345. The van der Waals surface area contributed by atoms with Crippen LogP contribution in [0.1, 0.15) is 54.5 Å². The monoisotopic (exact) mass is 508 g/mol. The van der Waals surface area contributed by atoms with Gasteiger partial charge in [0.05, 0.1) is 43.5 Å². The molecule has 2 aliphatic rings. The van der Waals surface area contributed by atoms with Crippen molar-refractivity contribution in [1.82, 2.24) is 25.1 Å². The molecule has 1 fully saturated rings. The SMILES string of the molecule is COC(=O)N1CCCCC1c1ccc(-c2n[nH]c3cc(OC)c(-c4cccc5c4CCC5C#N)nc23)cn1. The minimum atomic E-state index is -0.321. The lowest BCUT2D eigenvalue weighted by atomic mass is 9.97. The maximum atomic E-state index is 12.3. The Hall–Kier alpha value is -4.45. The molecular formula is C29H28N6O3. The molecule has 38 heavy (non-hydrogen) atoms. The van der Waals surface area contributed by atoms with Gasteiger partial charge in [-0.1, -0.05) is 18.2 Å². The molecule has 1 amide bonds. The Kier molecular flexibility index (Phi) is 6.16. The van der Waals surface area contributed by atoms with Crippen LogP contribution in [-0.4, -0.2) is 51.9 Å². The average Bonchev–Trinajstić information content (AvgIpc) is 3.60. The van der Waals surface area contributed by atoms with Gasteiger partial charge in [0.2, 0.25) is 0 Å². The highest BCUT2D eigenvalue weighted by atomic mass is 16.5. The highest BCUT2D eigenvalue weighted by Gasteiger charge is 2.30. The number of benzene rings is 1. The van der Waals surface area contributed by atoms with Crippen LogP contribution in [-0.2, 0) is 11.2 Å². The molecule has 2 unspecified atom stereocenters. The quantitative estimate of drug-likeness (QED) is 0.384. The zero-order valence-corrected chi connectivity index (χ0v) is 21.4. The van der Waals surface area contributed by atoms with E-state index in [2.05, 4.69) is 16.3 Å². The van der Waals surface area contributed by atoms with Gasteiger partial charge in [0.15, 0.2) is 0 Å². The van der Waals surface area contributed by atoms with Gasteiger partial charge in [0.25, 0.3) is 0 Å².